The van der Waals surface area contributed by atoms with Gasteiger partial charge in [-0.3, -0.25) is 9.97 Å². The molecule has 3 N–H and O–H groups in total. The molecule has 0 spiro atoms. The van der Waals surface area contributed by atoms with Crippen LogP contribution in [0.25, 0.3) is 21.8 Å². The minimum absolute atomic E-state index is 0. The predicted molar refractivity (Wildman–Crippen MR) is 195 cm³/mol. The summed E-state index contributed by atoms with van der Waals surface area (Å²) < 4.78 is 54.3. The van der Waals surface area contributed by atoms with E-state index in [1.807, 2.05) is 74.5 Å². The lowest BCUT2D eigenvalue weighted by Crippen LogP contribution is -2.42. The average Bonchev–Trinajstić information content (AvgIpc) is 2.95. The van der Waals surface area contributed by atoms with E-state index in [2.05, 4.69) is 15.3 Å². The summed E-state index contributed by atoms with van der Waals surface area (Å²) in [5.41, 5.74) is 8.12. The Morgan fingerprint density at radius 2 is 1.23 bits per heavy atom. The SMILES string of the molecule is CC[C@@H](CS(=O)(=O)Cc1cnc2ccccc2c1)NC(=O)OC(C)(C)C.CC[C@H](N)CS(=O)(=O)Cc1cnc2ccccc2c1.Cl.Cl. The maximum atomic E-state index is 12.6. The quantitative estimate of drug-likeness (QED) is 0.184. The van der Waals surface area contributed by atoms with Crippen LogP contribution in [0.15, 0.2) is 73.1 Å². The van der Waals surface area contributed by atoms with Crippen molar-refractivity contribution in [3.05, 3.63) is 84.2 Å². The van der Waals surface area contributed by atoms with Gasteiger partial charge in [-0.2, -0.15) is 0 Å². The fourth-order valence-electron chi connectivity index (χ4n) is 4.50. The summed E-state index contributed by atoms with van der Waals surface area (Å²) >= 11 is 0. The number of nitrogens with one attached hydrogen (secondary N) is 1. The number of nitrogens with two attached hydrogens (primary N) is 1. The summed E-state index contributed by atoms with van der Waals surface area (Å²) in [4.78, 5) is 20.4. The van der Waals surface area contributed by atoms with Gasteiger partial charge in [-0.25, -0.2) is 21.6 Å². The number of aromatic nitrogens is 2. The first-order valence-electron chi connectivity index (χ1n) is 14.9. The fourth-order valence-corrected chi connectivity index (χ4v) is 7.89. The molecule has 47 heavy (non-hydrogen) atoms. The number of rotatable bonds is 11. The molecule has 2 aromatic carbocycles. The second-order valence-corrected chi connectivity index (χ2v) is 16.3. The van der Waals surface area contributed by atoms with Gasteiger partial charge in [-0.05, 0) is 69.0 Å². The fraction of sp³-hybridized carbons (Fsp3) is 0.424. The highest BCUT2D eigenvalue weighted by atomic mass is 35.5. The number of benzene rings is 2. The molecule has 0 unspecified atom stereocenters. The highest BCUT2D eigenvalue weighted by Gasteiger charge is 2.23. The first kappa shape index (κ1) is 42.0. The Bertz CT molecular complexity index is 1820. The standard InChI is InChI=1S/C19H26N2O4S.C14H18N2O2S.2ClH/c1-5-16(21-18(22)25-19(2,3)4)13-26(23,24)12-14-10-15-8-6-7-9-17(15)20-11-14;1-2-13(15)10-19(17,18)9-11-7-12-5-3-4-6-14(12)16-8-11;;/h6-11,16H,5,12-13H2,1-4H3,(H,21,22);3-8,13H,2,9-10,15H2,1H3;2*1H/t16-;13-;;/m00../s1. The van der Waals surface area contributed by atoms with Crippen molar-refractivity contribution in [1.29, 1.82) is 0 Å². The third kappa shape index (κ3) is 14.7. The Morgan fingerprint density at radius 1 is 0.787 bits per heavy atom. The van der Waals surface area contributed by atoms with Gasteiger partial charge in [0.1, 0.15) is 5.60 Å². The van der Waals surface area contributed by atoms with E-state index < -0.39 is 37.4 Å². The number of carbonyl (C=O) groups excluding carboxylic acids is 1. The highest BCUT2D eigenvalue weighted by molar-refractivity contribution is 7.90. The number of nitrogens with zero attached hydrogens (tertiary/aromatic N) is 2. The average molecular weight is 730 g/mol. The summed E-state index contributed by atoms with van der Waals surface area (Å²) in [6.45, 7) is 9.00. The van der Waals surface area contributed by atoms with Crippen LogP contribution in [0.1, 0.15) is 58.6 Å². The van der Waals surface area contributed by atoms with Crippen LogP contribution in [0.5, 0.6) is 0 Å². The number of fused-ring (bicyclic) bond motifs is 2. The first-order chi connectivity index (χ1) is 21.1. The van der Waals surface area contributed by atoms with E-state index in [1.165, 1.54) is 0 Å². The smallest absolute Gasteiger partial charge is 0.407 e. The zero-order valence-corrected chi connectivity index (χ0v) is 30.6. The Labute approximate surface area is 290 Å². The maximum absolute atomic E-state index is 12.6. The summed E-state index contributed by atoms with van der Waals surface area (Å²) in [5, 5.41) is 4.49. The molecule has 2 atom stereocenters. The lowest BCUT2D eigenvalue weighted by atomic mass is 10.2. The number of alkyl carbamates (subject to hydrolysis) is 1. The van der Waals surface area contributed by atoms with E-state index in [0.717, 1.165) is 21.8 Å². The highest BCUT2D eigenvalue weighted by Crippen LogP contribution is 2.17. The molecular weight excluding hydrogens is 683 g/mol. The molecule has 260 valence electrons. The number of pyridine rings is 2. The van der Waals surface area contributed by atoms with Crippen LogP contribution in [0.4, 0.5) is 4.79 Å². The van der Waals surface area contributed by atoms with Crippen molar-refractivity contribution in [2.75, 3.05) is 11.5 Å². The Hall–Kier alpha value is -3.03. The van der Waals surface area contributed by atoms with Crippen LogP contribution < -0.4 is 11.1 Å². The third-order valence-corrected chi connectivity index (χ3v) is 10.1. The van der Waals surface area contributed by atoms with Crippen LogP contribution in [0, 0.1) is 0 Å². The van der Waals surface area contributed by atoms with E-state index in [-0.39, 0.29) is 53.9 Å². The number of para-hydroxylation sites is 2. The van der Waals surface area contributed by atoms with E-state index >= 15 is 0 Å². The van der Waals surface area contributed by atoms with Crippen molar-refractivity contribution in [3.8, 4) is 0 Å². The lowest BCUT2D eigenvalue weighted by Gasteiger charge is -2.23. The van der Waals surface area contributed by atoms with Gasteiger partial charge in [0.05, 0.1) is 34.0 Å². The largest absolute Gasteiger partial charge is 0.444 e. The monoisotopic (exact) mass is 728 g/mol. The van der Waals surface area contributed by atoms with Gasteiger partial charge >= 0.3 is 6.09 Å². The van der Waals surface area contributed by atoms with Crippen molar-refractivity contribution in [3.63, 3.8) is 0 Å². The van der Waals surface area contributed by atoms with Gasteiger partial charge in [-0.1, -0.05) is 50.2 Å². The number of hydrogen-bond donors (Lipinski definition) is 2. The molecule has 4 aromatic rings. The van der Waals surface area contributed by atoms with E-state index in [4.69, 9.17) is 10.5 Å². The lowest BCUT2D eigenvalue weighted by molar-refractivity contribution is 0.0508. The molecule has 0 bridgehead atoms. The maximum Gasteiger partial charge on any atom is 0.407 e. The van der Waals surface area contributed by atoms with Gasteiger partial charge < -0.3 is 15.8 Å². The van der Waals surface area contributed by atoms with Crippen molar-refractivity contribution < 1.29 is 26.4 Å². The zero-order valence-electron chi connectivity index (χ0n) is 27.4. The molecule has 0 aliphatic carbocycles. The van der Waals surface area contributed by atoms with Crippen molar-refractivity contribution in [2.45, 2.75) is 76.7 Å². The molecule has 0 aliphatic heterocycles. The molecule has 10 nitrogen and oxygen atoms in total. The van der Waals surface area contributed by atoms with Gasteiger partial charge in [0, 0.05) is 35.2 Å². The second kappa shape index (κ2) is 18.5. The second-order valence-electron chi connectivity index (χ2n) is 12.1. The van der Waals surface area contributed by atoms with Gasteiger partial charge in [-0.15, -0.1) is 24.8 Å². The molecule has 0 aliphatic rings. The molecule has 2 heterocycles. The molecule has 0 radical (unpaired) electrons. The predicted octanol–water partition coefficient (Wildman–Crippen LogP) is 6.18. The summed E-state index contributed by atoms with van der Waals surface area (Å²) in [7, 11) is -6.59. The third-order valence-electron chi connectivity index (χ3n) is 6.73. The van der Waals surface area contributed by atoms with Crippen LogP contribution >= 0.6 is 24.8 Å². The summed E-state index contributed by atoms with van der Waals surface area (Å²) in [5.74, 6) is -0.234. The normalized spacial score (nSPS) is 12.9. The van der Waals surface area contributed by atoms with E-state index in [0.29, 0.717) is 24.0 Å². The molecule has 0 fully saturated rings. The molecule has 4 rings (SSSR count). The topological polar surface area (TPSA) is 158 Å². The molecule has 1 amide bonds. The summed E-state index contributed by atoms with van der Waals surface area (Å²) in [6.07, 6.45) is 3.76. The molecule has 2 aromatic heterocycles. The molecular formula is C33H46Cl2N4O6S2. The molecule has 0 saturated heterocycles. The number of halogens is 2. The van der Waals surface area contributed by atoms with Gasteiger partial charge in [0.2, 0.25) is 0 Å². The number of carbonyl (C=O) groups is 1. The van der Waals surface area contributed by atoms with E-state index in [1.54, 1.807) is 33.2 Å². The minimum Gasteiger partial charge on any atom is -0.444 e. The minimum atomic E-state index is -3.41. The number of hydrogen-bond acceptors (Lipinski definition) is 9. The summed E-state index contributed by atoms with van der Waals surface area (Å²) in [6, 6.07) is 18.1. The van der Waals surface area contributed by atoms with Crippen molar-refractivity contribution in [2.24, 2.45) is 5.73 Å². The van der Waals surface area contributed by atoms with Crippen LogP contribution in [-0.4, -0.2) is 62.1 Å². The van der Waals surface area contributed by atoms with Crippen LogP contribution in [0.3, 0.4) is 0 Å². The van der Waals surface area contributed by atoms with Crippen molar-refractivity contribution in [1.82, 2.24) is 15.3 Å². The van der Waals surface area contributed by atoms with E-state index in [9.17, 15) is 21.6 Å². The van der Waals surface area contributed by atoms with Crippen LogP contribution in [-0.2, 0) is 35.9 Å². The number of sulfone groups is 2. The van der Waals surface area contributed by atoms with Gasteiger partial charge in [0.15, 0.2) is 19.7 Å². The first-order valence-corrected chi connectivity index (χ1v) is 18.6. The Balaban J connectivity index is 0.000000470. The Kier molecular flexibility index (Phi) is 16.5. The number of ether oxygens (including phenoxy) is 1. The Morgan fingerprint density at radius 3 is 1.66 bits per heavy atom. The van der Waals surface area contributed by atoms with Crippen molar-refractivity contribution >= 4 is 72.4 Å². The molecule has 0 saturated carbocycles. The number of amides is 1. The molecule has 14 heteroatoms. The van der Waals surface area contributed by atoms with Crippen LogP contribution in [0.2, 0.25) is 0 Å². The van der Waals surface area contributed by atoms with Gasteiger partial charge in [0.25, 0.3) is 0 Å². The zero-order chi connectivity index (χ0) is 33.3.